The normalized spacial score (nSPS) is 12.7. The first kappa shape index (κ1) is 59.2. The van der Waals surface area contributed by atoms with Gasteiger partial charge in [-0.15, -0.1) is 0 Å². The van der Waals surface area contributed by atoms with E-state index in [0.717, 1.165) is 65.6 Å². The first-order valence-electron chi connectivity index (χ1n) is 25.8. The van der Waals surface area contributed by atoms with Crippen LogP contribution in [0.3, 0.4) is 0 Å². The Labute approximate surface area is 452 Å². The van der Waals surface area contributed by atoms with Crippen molar-refractivity contribution in [2.45, 2.75) is 135 Å². The Bertz CT molecular complexity index is 2830. The van der Waals surface area contributed by atoms with E-state index in [0.29, 0.717) is 34.1 Å². The van der Waals surface area contributed by atoms with Gasteiger partial charge in [0.15, 0.2) is 16.6 Å². The average molecular weight is 1090 g/mol. The molecule has 0 saturated carbocycles. The maximum absolute atomic E-state index is 12.8. The van der Waals surface area contributed by atoms with Crippen molar-refractivity contribution in [1.82, 2.24) is 0 Å². The number of benzene rings is 6. The van der Waals surface area contributed by atoms with Crippen LogP contribution in [-0.2, 0) is 49.9 Å². The first-order chi connectivity index (χ1) is 35.9. The van der Waals surface area contributed by atoms with E-state index in [1.165, 1.54) is 12.7 Å². The minimum atomic E-state index is -2.49. The molecule has 0 aliphatic heterocycles. The minimum absolute atomic E-state index is 0.228. The molecule has 1 unspecified atom stereocenters. The molecular weight excluding hydrogens is 1010 g/mol. The number of aliphatic hydroxyl groups is 3. The van der Waals surface area contributed by atoms with E-state index in [2.05, 4.69) is 83.8 Å². The van der Waals surface area contributed by atoms with Crippen molar-refractivity contribution in [2.75, 3.05) is 7.11 Å². The van der Waals surface area contributed by atoms with Crippen LogP contribution in [0.5, 0.6) is 28.7 Å². The summed E-state index contributed by atoms with van der Waals surface area (Å²) in [6.45, 7) is 19.5. The van der Waals surface area contributed by atoms with Gasteiger partial charge in [-0.1, -0.05) is 107 Å². The fourth-order valence-electron chi connectivity index (χ4n) is 9.54. The van der Waals surface area contributed by atoms with Crippen LogP contribution < -0.4 is 23.7 Å². The summed E-state index contributed by atoms with van der Waals surface area (Å²) >= 11 is 0. The second kappa shape index (κ2) is 25.8. The van der Waals surface area contributed by atoms with E-state index >= 15 is 0 Å². The molecule has 0 radical (unpaired) electrons. The van der Waals surface area contributed by atoms with Crippen LogP contribution in [0.4, 0.5) is 9.59 Å². The van der Waals surface area contributed by atoms with Gasteiger partial charge in [-0.2, -0.15) is 0 Å². The average Bonchev–Trinajstić information content (AvgIpc) is 3.37. The summed E-state index contributed by atoms with van der Waals surface area (Å²) in [4.78, 5) is 24.3. The van der Waals surface area contributed by atoms with Crippen molar-refractivity contribution < 1.29 is 61.6 Å². The summed E-state index contributed by atoms with van der Waals surface area (Å²) in [6.07, 6.45) is 1.69. The summed E-state index contributed by atoms with van der Waals surface area (Å²) in [5.41, 5.74) is 6.77. The van der Waals surface area contributed by atoms with Gasteiger partial charge < -0.3 is 52.0 Å². The first-order valence-corrected chi connectivity index (χ1v) is 34.9. The zero-order valence-electron chi connectivity index (χ0n) is 45.9. The lowest BCUT2D eigenvalue weighted by atomic mass is 9.78. The fourth-order valence-corrected chi connectivity index (χ4v) is 23.6. The summed E-state index contributed by atoms with van der Waals surface area (Å²) in [7, 11) is -5.50. The fraction of sp³-hybridized carbons (Fsp3) is 0.367. The molecule has 0 fully saturated rings. The largest absolute Gasteiger partial charge is 0.519 e. The maximum atomic E-state index is 12.8. The SMILES string of the molecule is COC(=O)Oc1ccc(C(C)(C)c2ccc(OC(O)Oc3ccc(CCC[Si](C)(C)O[Si](C)(C)O[Si](C)(C)CCCc4ccc(OC(=O)Oc5ccc(C(C)(C)c6ccccc6)cc5)c(CO)c4)cc3CO)cc2)cc1. The standard InChI is InChI=1S/C60H76O13Si3/c1-59(2,47-19-13-12-14-20-47)48-25-31-52(32-26-48)68-57(64)70-54-35-21-43(39-45(54)41-61)17-15-37-74(6,7)72-76(10,11)73-75(8,9)38-16-18-44-22-36-55(46(40-44)42-62)71-58(65)69-53-33-27-50(28-34-53)60(3,4)49-23-29-51(30-24-49)67-56(63)66-5/h12-14,19-36,39-40,58,61-62,65H,15-18,37-38,41-42H2,1-11H3. The van der Waals surface area contributed by atoms with Gasteiger partial charge in [-0.05, 0) is 171 Å². The van der Waals surface area contributed by atoms with Crippen LogP contribution in [-0.4, -0.2) is 66.4 Å². The molecule has 76 heavy (non-hydrogen) atoms. The predicted octanol–water partition coefficient (Wildman–Crippen LogP) is 13.5. The van der Waals surface area contributed by atoms with Gasteiger partial charge in [0.05, 0.1) is 20.3 Å². The molecule has 0 spiro atoms. The molecular formula is C60H76O13Si3. The highest BCUT2D eigenvalue weighted by Gasteiger charge is 2.39. The van der Waals surface area contributed by atoms with E-state index < -0.39 is 49.4 Å². The van der Waals surface area contributed by atoms with Gasteiger partial charge in [0.1, 0.15) is 28.7 Å². The molecule has 0 amide bonds. The molecule has 0 saturated heterocycles. The van der Waals surface area contributed by atoms with E-state index in [4.69, 9.17) is 31.9 Å². The van der Waals surface area contributed by atoms with Crippen LogP contribution in [0.15, 0.2) is 140 Å². The number of carbonyl (C=O) groups is 2. The molecule has 6 aromatic rings. The smallest absolute Gasteiger partial charge is 0.437 e. The molecule has 16 heteroatoms. The third kappa shape index (κ3) is 17.0. The monoisotopic (exact) mass is 1090 g/mol. The van der Waals surface area contributed by atoms with Crippen molar-refractivity contribution in [1.29, 1.82) is 0 Å². The van der Waals surface area contributed by atoms with Gasteiger partial charge >= 0.3 is 27.3 Å². The quantitative estimate of drug-likeness (QED) is 0.0215. The second-order valence-electron chi connectivity index (χ2n) is 21.8. The highest BCUT2D eigenvalue weighted by molar-refractivity contribution is 6.87. The third-order valence-electron chi connectivity index (χ3n) is 13.6. The number of methoxy groups -OCH3 is 1. The third-order valence-corrected chi connectivity index (χ3v) is 25.0. The predicted molar refractivity (Wildman–Crippen MR) is 303 cm³/mol. The van der Waals surface area contributed by atoms with Gasteiger partial charge in [-0.3, -0.25) is 0 Å². The number of hydrogen-bond donors (Lipinski definition) is 3. The molecule has 13 nitrogen and oxygen atoms in total. The number of hydrogen-bond acceptors (Lipinski definition) is 13. The Hall–Kier alpha value is -6.09. The van der Waals surface area contributed by atoms with Gasteiger partial charge in [0, 0.05) is 22.0 Å². The molecule has 0 bridgehead atoms. The van der Waals surface area contributed by atoms with Gasteiger partial charge in [0.2, 0.25) is 0 Å². The molecule has 6 aromatic carbocycles. The molecule has 0 aliphatic carbocycles. The van der Waals surface area contributed by atoms with Crippen LogP contribution in [0.2, 0.25) is 51.4 Å². The van der Waals surface area contributed by atoms with E-state index in [9.17, 15) is 24.9 Å². The zero-order valence-corrected chi connectivity index (χ0v) is 48.9. The Balaban J connectivity index is 0.919. The zero-order chi connectivity index (χ0) is 55.3. The molecule has 1 atom stereocenters. The van der Waals surface area contributed by atoms with Crippen molar-refractivity contribution in [3.05, 3.63) is 184 Å². The number of aliphatic hydroxyl groups excluding tert-OH is 3. The minimum Gasteiger partial charge on any atom is -0.437 e. The summed E-state index contributed by atoms with van der Waals surface area (Å²) in [5, 5.41) is 31.2. The Morgan fingerprint density at radius 2 is 0.908 bits per heavy atom. The van der Waals surface area contributed by atoms with Crippen molar-refractivity contribution >= 4 is 37.5 Å². The molecule has 406 valence electrons. The van der Waals surface area contributed by atoms with Crippen molar-refractivity contribution in [3.8, 4) is 28.7 Å². The number of rotatable bonds is 25. The van der Waals surface area contributed by atoms with E-state index in [1.54, 1.807) is 48.5 Å². The Morgan fingerprint density at radius 1 is 0.500 bits per heavy atom. The number of aryl methyl sites for hydroxylation is 2. The van der Waals surface area contributed by atoms with Crippen molar-refractivity contribution in [2.24, 2.45) is 0 Å². The van der Waals surface area contributed by atoms with Crippen LogP contribution in [0.25, 0.3) is 0 Å². The summed E-state index contributed by atoms with van der Waals surface area (Å²) in [5.74, 6) is 1.73. The van der Waals surface area contributed by atoms with E-state index in [-0.39, 0.29) is 24.4 Å². The van der Waals surface area contributed by atoms with Crippen LogP contribution >= 0.6 is 0 Å². The van der Waals surface area contributed by atoms with Gasteiger partial charge in [-0.25, -0.2) is 9.59 Å². The maximum Gasteiger partial charge on any atom is 0.519 e. The topological polar surface area (TPSA) is 169 Å². The molecule has 0 aromatic heterocycles. The summed E-state index contributed by atoms with van der Waals surface area (Å²) < 4.78 is 46.0. The molecule has 0 aliphatic rings. The molecule has 6 rings (SSSR count). The lowest BCUT2D eigenvalue weighted by Crippen LogP contribution is -2.52. The van der Waals surface area contributed by atoms with Crippen LogP contribution in [0, 0.1) is 0 Å². The highest BCUT2D eigenvalue weighted by Crippen LogP contribution is 2.36. The number of carbonyl (C=O) groups excluding carboxylic acids is 2. The lowest BCUT2D eigenvalue weighted by molar-refractivity contribution is -0.160. The second-order valence-corrected chi connectivity index (χ2v) is 34.2. The lowest BCUT2D eigenvalue weighted by Gasteiger charge is -2.39. The Morgan fingerprint density at radius 3 is 1.36 bits per heavy atom. The molecule has 3 N–H and O–H groups in total. The van der Waals surface area contributed by atoms with E-state index in [1.807, 2.05) is 78.9 Å². The van der Waals surface area contributed by atoms with Crippen LogP contribution in [0.1, 0.15) is 85.0 Å². The Kier molecular flexibility index (Phi) is 20.1. The number of ether oxygens (including phenoxy) is 6. The highest BCUT2D eigenvalue weighted by atomic mass is 28.5. The van der Waals surface area contributed by atoms with Gasteiger partial charge in [0.25, 0.3) is 0 Å². The summed E-state index contributed by atoms with van der Waals surface area (Å²) in [6, 6.07) is 45.2. The molecule has 0 heterocycles. The van der Waals surface area contributed by atoms with Crippen molar-refractivity contribution in [3.63, 3.8) is 0 Å².